The Hall–Kier alpha value is -3.49. The summed E-state index contributed by atoms with van der Waals surface area (Å²) in [6, 6.07) is 5.98. The van der Waals surface area contributed by atoms with Crippen LogP contribution in [0.2, 0.25) is 0 Å². The van der Waals surface area contributed by atoms with Gasteiger partial charge in [0.05, 0.1) is 17.8 Å². The maximum Gasteiger partial charge on any atom is 0.191 e. The Kier molecular flexibility index (Phi) is 5.24. The highest BCUT2D eigenvalue weighted by Gasteiger charge is 2.25. The Balaban J connectivity index is 1.25. The minimum atomic E-state index is -0.662. The smallest absolute Gasteiger partial charge is 0.191 e. The summed E-state index contributed by atoms with van der Waals surface area (Å²) < 4.78 is 36.9. The van der Waals surface area contributed by atoms with E-state index in [0.717, 1.165) is 40.8 Å². The monoisotopic (exact) mass is 438 g/mol. The van der Waals surface area contributed by atoms with E-state index in [1.54, 1.807) is 10.9 Å². The van der Waals surface area contributed by atoms with E-state index in [9.17, 15) is 8.78 Å². The molecule has 32 heavy (non-hydrogen) atoms. The van der Waals surface area contributed by atoms with Crippen molar-refractivity contribution in [2.45, 2.75) is 37.8 Å². The number of nitrogens with zero attached hydrogens (tertiary/aromatic N) is 5. The number of halogens is 2. The number of ether oxygens (including phenoxy) is 1. The van der Waals surface area contributed by atoms with Gasteiger partial charge in [0.25, 0.3) is 0 Å². The summed E-state index contributed by atoms with van der Waals surface area (Å²) in [5, 5.41) is 13.3. The first-order valence-corrected chi connectivity index (χ1v) is 10.7. The molecule has 0 atom stereocenters. The molecule has 0 bridgehead atoms. The molecule has 0 unspecified atom stereocenters. The van der Waals surface area contributed by atoms with Gasteiger partial charge >= 0.3 is 0 Å². The second-order valence-corrected chi connectivity index (χ2v) is 8.25. The summed E-state index contributed by atoms with van der Waals surface area (Å²) >= 11 is 0. The average molecular weight is 438 g/mol. The maximum absolute atomic E-state index is 13.8. The van der Waals surface area contributed by atoms with Crippen LogP contribution in [0.25, 0.3) is 22.2 Å². The summed E-state index contributed by atoms with van der Waals surface area (Å²) in [5.41, 5.74) is 2.78. The van der Waals surface area contributed by atoms with Crippen LogP contribution in [-0.4, -0.2) is 36.7 Å². The van der Waals surface area contributed by atoms with Crippen molar-refractivity contribution in [1.29, 1.82) is 0 Å². The number of benzene rings is 1. The Morgan fingerprint density at radius 3 is 2.50 bits per heavy atom. The molecule has 5 rings (SSSR count). The molecule has 4 aromatic rings. The van der Waals surface area contributed by atoms with Gasteiger partial charge in [-0.25, -0.2) is 13.8 Å². The molecule has 1 saturated carbocycles. The zero-order valence-electron chi connectivity index (χ0n) is 17.9. The lowest BCUT2D eigenvalue weighted by atomic mass is 9.93. The molecule has 7 nitrogen and oxygen atoms in total. The van der Waals surface area contributed by atoms with Crippen LogP contribution in [0.15, 0.2) is 42.9 Å². The first-order chi connectivity index (χ1) is 15.5. The quantitative estimate of drug-likeness (QED) is 0.499. The highest BCUT2D eigenvalue weighted by Crippen LogP contribution is 2.31. The average Bonchev–Trinajstić information content (AvgIpc) is 3.35. The molecule has 0 radical (unpaired) electrons. The predicted molar refractivity (Wildman–Crippen MR) is 117 cm³/mol. The van der Waals surface area contributed by atoms with Gasteiger partial charge in [0.2, 0.25) is 0 Å². The van der Waals surface area contributed by atoms with Gasteiger partial charge in [0.15, 0.2) is 17.4 Å². The van der Waals surface area contributed by atoms with Crippen LogP contribution >= 0.6 is 0 Å². The van der Waals surface area contributed by atoms with Gasteiger partial charge in [-0.05, 0) is 37.8 Å². The SMILES string of the molecule is Cn1cc(-c2nn(C)c3cc(NC4CCC(Oc5c(F)cccc5F)CC4)ncc23)cn1. The summed E-state index contributed by atoms with van der Waals surface area (Å²) in [6.07, 6.45) is 8.44. The standard InChI is InChI=1S/C23H24F2N6O/c1-30-13-14(11-27-30)22-17-12-26-21(10-20(17)31(2)29-22)28-15-6-8-16(9-7-15)32-23-18(24)4-3-5-19(23)25/h3-5,10-13,15-16H,6-9H2,1-2H3,(H,26,28). The Bertz CT molecular complexity index is 1240. The first kappa shape index (κ1) is 20.4. The topological polar surface area (TPSA) is 69.8 Å². The third-order valence-corrected chi connectivity index (χ3v) is 5.94. The molecule has 1 fully saturated rings. The summed E-state index contributed by atoms with van der Waals surface area (Å²) in [7, 11) is 3.79. The molecule has 3 heterocycles. The number of para-hydroxylation sites is 1. The van der Waals surface area contributed by atoms with E-state index in [2.05, 4.69) is 20.5 Å². The minimum Gasteiger partial charge on any atom is -0.484 e. The number of nitrogens with one attached hydrogen (secondary N) is 1. The number of anilines is 1. The highest BCUT2D eigenvalue weighted by molar-refractivity contribution is 5.93. The highest BCUT2D eigenvalue weighted by atomic mass is 19.1. The first-order valence-electron chi connectivity index (χ1n) is 10.7. The fourth-order valence-corrected chi connectivity index (χ4v) is 4.28. The van der Waals surface area contributed by atoms with Crippen LogP contribution in [0.5, 0.6) is 5.75 Å². The number of hydrogen-bond donors (Lipinski definition) is 1. The van der Waals surface area contributed by atoms with Gasteiger partial charge < -0.3 is 10.1 Å². The second-order valence-electron chi connectivity index (χ2n) is 8.25. The Morgan fingerprint density at radius 1 is 1.06 bits per heavy atom. The Morgan fingerprint density at radius 2 is 1.81 bits per heavy atom. The third-order valence-electron chi connectivity index (χ3n) is 5.94. The lowest BCUT2D eigenvalue weighted by Gasteiger charge is -2.30. The Labute approximate surface area is 184 Å². The normalized spacial score (nSPS) is 18.8. The summed E-state index contributed by atoms with van der Waals surface area (Å²) in [5.74, 6) is -0.825. The van der Waals surface area contributed by atoms with Crippen LogP contribution in [0, 0.1) is 11.6 Å². The van der Waals surface area contributed by atoms with Crippen molar-refractivity contribution in [1.82, 2.24) is 24.5 Å². The number of hydrogen-bond acceptors (Lipinski definition) is 5. The number of aromatic nitrogens is 5. The predicted octanol–water partition coefficient (Wildman–Crippen LogP) is 4.45. The third kappa shape index (κ3) is 3.90. The molecule has 1 aliphatic carbocycles. The zero-order chi connectivity index (χ0) is 22.2. The molecule has 9 heteroatoms. The maximum atomic E-state index is 13.8. The van der Waals surface area contributed by atoms with Crippen molar-refractivity contribution >= 4 is 16.7 Å². The van der Waals surface area contributed by atoms with Crippen molar-refractivity contribution < 1.29 is 13.5 Å². The minimum absolute atomic E-state index is 0.200. The second kappa shape index (κ2) is 8.22. The molecular formula is C23H24F2N6O. The van der Waals surface area contributed by atoms with Crippen LogP contribution in [0.4, 0.5) is 14.6 Å². The number of pyridine rings is 1. The molecule has 1 aromatic carbocycles. The van der Waals surface area contributed by atoms with Gasteiger partial charge in [-0.1, -0.05) is 6.07 Å². The molecule has 0 amide bonds. The molecule has 0 saturated heterocycles. The van der Waals surface area contributed by atoms with Crippen molar-refractivity contribution in [3.63, 3.8) is 0 Å². The van der Waals surface area contributed by atoms with Crippen LogP contribution in [0.1, 0.15) is 25.7 Å². The van der Waals surface area contributed by atoms with Gasteiger partial charge in [0, 0.05) is 49.5 Å². The largest absolute Gasteiger partial charge is 0.484 e. The van der Waals surface area contributed by atoms with Crippen LogP contribution < -0.4 is 10.1 Å². The van der Waals surface area contributed by atoms with E-state index in [1.165, 1.54) is 18.2 Å². The lowest BCUT2D eigenvalue weighted by Crippen LogP contribution is -2.31. The van der Waals surface area contributed by atoms with Crippen molar-refractivity contribution in [2.75, 3.05) is 5.32 Å². The molecule has 166 valence electrons. The lowest BCUT2D eigenvalue weighted by molar-refractivity contribution is 0.137. The van der Waals surface area contributed by atoms with Gasteiger partial charge in [0.1, 0.15) is 11.5 Å². The van der Waals surface area contributed by atoms with Crippen molar-refractivity contribution in [2.24, 2.45) is 14.1 Å². The molecule has 0 spiro atoms. The van der Waals surface area contributed by atoms with Gasteiger partial charge in [-0.15, -0.1) is 0 Å². The van der Waals surface area contributed by atoms with Crippen LogP contribution in [0.3, 0.4) is 0 Å². The van der Waals surface area contributed by atoms with E-state index >= 15 is 0 Å². The fraction of sp³-hybridized carbons (Fsp3) is 0.348. The molecule has 0 aliphatic heterocycles. The molecular weight excluding hydrogens is 414 g/mol. The van der Waals surface area contributed by atoms with Crippen LogP contribution in [-0.2, 0) is 14.1 Å². The summed E-state index contributed by atoms with van der Waals surface area (Å²) in [4.78, 5) is 4.60. The van der Waals surface area contributed by atoms with E-state index in [0.29, 0.717) is 12.8 Å². The molecule has 3 aromatic heterocycles. The number of aryl methyl sites for hydroxylation is 2. The summed E-state index contributed by atoms with van der Waals surface area (Å²) in [6.45, 7) is 0. The van der Waals surface area contributed by atoms with E-state index in [4.69, 9.17) is 4.74 Å². The van der Waals surface area contributed by atoms with Gasteiger partial charge in [-0.2, -0.15) is 10.2 Å². The van der Waals surface area contributed by atoms with Crippen molar-refractivity contribution in [3.05, 3.63) is 54.5 Å². The van der Waals surface area contributed by atoms with E-state index < -0.39 is 11.6 Å². The fourth-order valence-electron chi connectivity index (χ4n) is 4.28. The number of fused-ring (bicyclic) bond motifs is 1. The molecule has 1 aliphatic rings. The molecule has 1 N–H and O–H groups in total. The van der Waals surface area contributed by atoms with Crippen molar-refractivity contribution in [3.8, 4) is 17.0 Å². The van der Waals surface area contributed by atoms with E-state index in [-0.39, 0.29) is 17.9 Å². The van der Waals surface area contributed by atoms with E-state index in [1.807, 2.05) is 37.2 Å². The number of rotatable bonds is 5. The zero-order valence-corrected chi connectivity index (χ0v) is 17.9. The van der Waals surface area contributed by atoms with Gasteiger partial charge in [-0.3, -0.25) is 9.36 Å².